The highest BCUT2D eigenvalue weighted by Gasteiger charge is 2.30. The Labute approximate surface area is 154 Å². The minimum Gasteiger partial charge on any atom is -0.494 e. The summed E-state index contributed by atoms with van der Waals surface area (Å²) in [6.45, 7) is 5.09. The summed E-state index contributed by atoms with van der Waals surface area (Å²) in [4.78, 5) is 2.26. The Balaban J connectivity index is 1.81. The van der Waals surface area contributed by atoms with Crippen molar-refractivity contribution in [1.29, 1.82) is 0 Å². The van der Waals surface area contributed by atoms with Gasteiger partial charge in [0, 0.05) is 18.1 Å². The second-order valence-corrected chi connectivity index (χ2v) is 6.60. The summed E-state index contributed by atoms with van der Waals surface area (Å²) in [5, 5.41) is 0.713. The third-order valence-electron chi connectivity index (χ3n) is 4.23. The maximum Gasteiger partial charge on any atom is 0.151 e. The van der Waals surface area contributed by atoms with E-state index in [1.165, 1.54) is 0 Å². The van der Waals surface area contributed by atoms with Gasteiger partial charge in [0.15, 0.2) is 6.10 Å². The van der Waals surface area contributed by atoms with Crippen molar-refractivity contribution in [2.45, 2.75) is 19.1 Å². The van der Waals surface area contributed by atoms with E-state index >= 15 is 0 Å². The summed E-state index contributed by atoms with van der Waals surface area (Å²) in [5.41, 5.74) is 1.05. The Morgan fingerprint density at radius 2 is 1.80 bits per heavy atom. The highest BCUT2D eigenvalue weighted by Crippen LogP contribution is 2.30. The summed E-state index contributed by atoms with van der Waals surface area (Å²) >= 11 is 6.04. The van der Waals surface area contributed by atoms with E-state index < -0.39 is 0 Å². The van der Waals surface area contributed by atoms with Crippen LogP contribution in [0.2, 0.25) is 5.02 Å². The molecule has 0 spiro atoms. The van der Waals surface area contributed by atoms with E-state index in [1.807, 2.05) is 55.5 Å². The molecule has 134 valence electrons. The molecule has 0 aliphatic carbocycles. The van der Waals surface area contributed by atoms with Crippen LogP contribution in [0.5, 0.6) is 11.5 Å². The van der Waals surface area contributed by atoms with E-state index in [1.54, 1.807) is 0 Å². The van der Waals surface area contributed by atoms with E-state index in [-0.39, 0.29) is 12.2 Å². The minimum absolute atomic E-state index is 0.0357. The Bertz CT molecular complexity index is 660. The van der Waals surface area contributed by atoms with Gasteiger partial charge in [-0.2, -0.15) is 0 Å². The van der Waals surface area contributed by atoms with Crippen molar-refractivity contribution in [1.82, 2.24) is 4.90 Å². The van der Waals surface area contributed by atoms with Gasteiger partial charge in [-0.15, -0.1) is 0 Å². The fraction of sp³-hybridized carbons (Fsp3) is 0.400. The van der Waals surface area contributed by atoms with Crippen molar-refractivity contribution in [3.8, 4) is 11.5 Å². The first-order chi connectivity index (χ1) is 12.2. The van der Waals surface area contributed by atoms with Crippen molar-refractivity contribution in [2.75, 3.05) is 33.4 Å². The molecular weight excluding hydrogens is 338 g/mol. The molecule has 1 aliphatic heterocycles. The maximum absolute atomic E-state index is 6.31. The van der Waals surface area contributed by atoms with Crippen LogP contribution in [0.15, 0.2) is 48.5 Å². The molecule has 2 aromatic rings. The van der Waals surface area contributed by atoms with Crippen molar-refractivity contribution >= 4 is 11.6 Å². The van der Waals surface area contributed by atoms with Crippen LogP contribution in [0.25, 0.3) is 0 Å². The third kappa shape index (κ3) is 4.88. The fourth-order valence-corrected chi connectivity index (χ4v) is 3.06. The van der Waals surface area contributed by atoms with E-state index in [4.69, 9.17) is 25.8 Å². The first-order valence-electron chi connectivity index (χ1n) is 8.61. The number of halogens is 1. The molecule has 1 saturated heterocycles. The monoisotopic (exact) mass is 361 g/mol. The van der Waals surface area contributed by atoms with Crippen LogP contribution in [-0.2, 0) is 4.74 Å². The van der Waals surface area contributed by atoms with Crippen molar-refractivity contribution in [2.24, 2.45) is 0 Å². The quantitative estimate of drug-likeness (QED) is 0.772. The predicted molar refractivity (Wildman–Crippen MR) is 99.7 cm³/mol. The first-order valence-corrected chi connectivity index (χ1v) is 8.98. The Kier molecular flexibility index (Phi) is 6.19. The van der Waals surface area contributed by atoms with Crippen LogP contribution in [0.4, 0.5) is 0 Å². The third-order valence-corrected chi connectivity index (χ3v) is 4.48. The number of benzene rings is 2. The number of ether oxygens (including phenoxy) is 3. The lowest BCUT2D eigenvalue weighted by Crippen LogP contribution is -2.44. The predicted octanol–water partition coefficient (Wildman–Crippen LogP) is 4.19. The van der Waals surface area contributed by atoms with Gasteiger partial charge in [0.25, 0.3) is 0 Å². The van der Waals surface area contributed by atoms with Gasteiger partial charge in [0.2, 0.25) is 0 Å². The fourth-order valence-electron chi connectivity index (χ4n) is 2.93. The maximum atomic E-state index is 6.31. The second kappa shape index (κ2) is 8.56. The van der Waals surface area contributed by atoms with E-state index in [2.05, 4.69) is 11.9 Å². The van der Waals surface area contributed by atoms with Gasteiger partial charge in [-0.3, -0.25) is 0 Å². The number of likely N-dealkylation sites (N-methyl/N-ethyl adjacent to an activating group) is 1. The Hall–Kier alpha value is -1.75. The number of rotatable bonds is 6. The molecule has 1 aliphatic rings. The van der Waals surface area contributed by atoms with Crippen LogP contribution < -0.4 is 9.47 Å². The SMILES string of the molecule is CCOc1ccc(OC(c2ccc(Cl)cc2)C2CN(C)CCO2)cc1. The zero-order valence-electron chi connectivity index (χ0n) is 14.7. The molecule has 4 nitrogen and oxygen atoms in total. The molecule has 0 bridgehead atoms. The van der Waals surface area contributed by atoms with Gasteiger partial charge >= 0.3 is 0 Å². The number of morpholine rings is 1. The van der Waals surface area contributed by atoms with Crippen LogP contribution in [0.1, 0.15) is 18.6 Å². The molecule has 2 unspecified atom stereocenters. The molecule has 25 heavy (non-hydrogen) atoms. The summed E-state index contributed by atoms with van der Waals surface area (Å²) in [5.74, 6) is 1.63. The molecule has 0 amide bonds. The lowest BCUT2D eigenvalue weighted by atomic mass is 10.0. The molecular formula is C20H24ClNO3. The average Bonchev–Trinajstić information content (AvgIpc) is 2.62. The highest BCUT2D eigenvalue weighted by molar-refractivity contribution is 6.30. The largest absolute Gasteiger partial charge is 0.494 e. The molecule has 3 rings (SSSR count). The average molecular weight is 362 g/mol. The van der Waals surface area contributed by atoms with Crippen LogP contribution in [0.3, 0.4) is 0 Å². The molecule has 1 fully saturated rings. The molecule has 1 heterocycles. The molecule has 0 saturated carbocycles. The first kappa shape index (κ1) is 18.1. The van der Waals surface area contributed by atoms with E-state index in [0.717, 1.165) is 30.2 Å². The summed E-state index contributed by atoms with van der Waals surface area (Å²) < 4.78 is 17.8. The molecule has 0 N–H and O–H groups in total. The topological polar surface area (TPSA) is 30.9 Å². The van der Waals surface area contributed by atoms with Gasteiger partial charge in [-0.25, -0.2) is 0 Å². The number of hydrogen-bond acceptors (Lipinski definition) is 4. The highest BCUT2D eigenvalue weighted by atomic mass is 35.5. The Morgan fingerprint density at radius 3 is 2.44 bits per heavy atom. The van der Waals surface area contributed by atoms with Crippen LogP contribution in [0, 0.1) is 0 Å². The second-order valence-electron chi connectivity index (χ2n) is 6.17. The molecule has 0 aromatic heterocycles. The molecule has 2 aromatic carbocycles. The lowest BCUT2D eigenvalue weighted by molar-refractivity contribution is -0.0760. The van der Waals surface area contributed by atoms with Crippen molar-refractivity contribution in [3.63, 3.8) is 0 Å². The summed E-state index contributed by atoms with van der Waals surface area (Å²) in [7, 11) is 2.10. The smallest absolute Gasteiger partial charge is 0.151 e. The van der Waals surface area contributed by atoms with Crippen molar-refractivity contribution in [3.05, 3.63) is 59.1 Å². The zero-order valence-corrected chi connectivity index (χ0v) is 15.4. The van der Waals surface area contributed by atoms with Gasteiger partial charge in [0.1, 0.15) is 17.6 Å². The van der Waals surface area contributed by atoms with Gasteiger partial charge in [-0.05, 0) is 55.9 Å². The zero-order chi connectivity index (χ0) is 17.6. The standard InChI is InChI=1S/C20H24ClNO3/c1-3-23-17-8-10-18(11-9-17)25-20(15-4-6-16(21)7-5-15)19-14-22(2)12-13-24-19/h4-11,19-20H,3,12-14H2,1-2H3. The molecule has 5 heteroatoms. The number of hydrogen-bond donors (Lipinski definition) is 0. The lowest BCUT2D eigenvalue weighted by Gasteiger charge is -2.35. The van der Waals surface area contributed by atoms with Crippen LogP contribution in [-0.4, -0.2) is 44.4 Å². The normalized spacial score (nSPS) is 19.4. The van der Waals surface area contributed by atoms with Crippen LogP contribution >= 0.6 is 11.6 Å². The minimum atomic E-state index is -0.196. The molecule has 2 atom stereocenters. The summed E-state index contributed by atoms with van der Waals surface area (Å²) in [6.07, 6.45) is -0.232. The Morgan fingerprint density at radius 1 is 1.12 bits per heavy atom. The summed E-state index contributed by atoms with van der Waals surface area (Å²) in [6, 6.07) is 15.5. The van der Waals surface area contributed by atoms with E-state index in [0.29, 0.717) is 18.2 Å². The van der Waals surface area contributed by atoms with Gasteiger partial charge in [-0.1, -0.05) is 23.7 Å². The molecule has 0 radical (unpaired) electrons. The van der Waals surface area contributed by atoms with E-state index in [9.17, 15) is 0 Å². The van der Waals surface area contributed by atoms with Gasteiger partial charge < -0.3 is 19.1 Å². The van der Waals surface area contributed by atoms with Crippen molar-refractivity contribution < 1.29 is 14.2 Å². The number of nitrogens with zero attached hydrogens (tertiary/aromatic N) is 1. The van der Waals surface area contributed by atoms with Gasteiger partial charge in [0.05, 0.1) is 13.2 Å².